The number of aromatic nitrogens is 1. The molecule has 1 amide bonds. The highest BCUT2D eigenvalue weighted by Gasteiger charge is 2.16. The fourth-order valence-corrected chi connectivity index (χ4v) is 2.37. The van der Waals surface area contributed by atoms with Gasteiger partial charge in [-0.15, -0.1) is 11.3 Å². The van der Waals surface area contributed by atoms with Crippen LogP contribution in [-0.2, 0) is 20.7 Å². The maximum atomic E-state index is 11.6. The zero-order valence-electron chi connectivity index (χ0n) is 10.9. The lowest BCUT2D eigenvalue weighted by molar-refractivity contribution is -0.153. The minimum absolute atomic E-state index is 0.0287. The van der Waals surface area contributed by atoms with Crippen molar-refractivity contribution in [2.45, 2.75) is 19.4 Å². The lowest BCUT2D eigenvalue weighted by atomic mass is 10.2. The van der Waals surface area contributed by atoms with Crippen LogP contribution in [0, 0.1) is 0 Å². The molecule has 104 valence electrons. The summed E-state index contributed by atoms with van der Waals surface area (Å²) in [6.45, 7) is 1.44. The van der Waals surface area contributed by atoms with Crippen molar-refractivity contribution in [2.24, 2.45) is 5.73 Å². The summed E-state index contributed by atoms with van der Waals surface area (Å²) in [5.41, 5.74) is 6.65. The first-order valence-electron chi connectivity index (χ1n) is 6.05. The van der Waals surface area contributed by atoms with Crippen LogP contribution in [-0.4, -0.2) is 23.0 Å². The molecule has 0 aliphatic rings. The van der Waals surface area contributed by atoms with Gasteiger partial charge >= 0.3 is 5.97 Å². The highest BCUT2D eigenvalue weighted by atomic mass is 32.1. The number of primary amides is 1. The first-order chi connectivity index (χ1) is 9.56. The van der Waals surface area contributed by atoms with E-state index in [9.17, 15) is 9.59 Å². The molecular weight excluding hydrogens is 276 g/mol. The molecule has 2 N–H and O–H groups in total. The summed E-state index contributed by atoms with van der Waals surface area (Å²) in [4.78, 5) is 26.8. The second-order valence-electron chi connectivity index (χ2n) is 4.22. The number of benzene rings is 1. The van der Waals surface area contributed by atoms with E-state index in [1.165, 1.54) is 18.3 Å². The van der Waals surface area contributed by atoms with Gasteiger partial charge in [0.1, 0.15) is 5.01 Å². The highest BCUT2D eigenvalue weighted by molar-refractivity contribution is 7.13. The van der Waals surface area contributed by atoms with Crippen LogP contribution in [0.2, 0.25) is 0 Å². The smallest absolute Gasteiger partial charge is 0.312 e. The summed E-state index contributed by atoms with van der Waals surface area (Å²) < 4.78 is 4.88. The maximum absolute atomic E-state index is 11.6. The quantitative estimate of drug-likeness (QED) is 0.851. The predicted molar refractivity (Wildman–Crippen MR) is 76.0 cm³/mol. The van der Waals surface area contributed by atoms with Crippen molar-refractivity contribution >= 4 is 23.2 Å². The third kappa shape index (κ3) is 3.64. The average molecular weight is 290 g/mol. The Morgan fingerprint density at radius 2 is 2.05 bits per heavy atom. The van der Waals surface area contributed by atoms with E-state index in [0.29, 0.717) is 5.69 Å². The van der Waals surface area contributed by atoms with Crippen LogP contribution in [0.3, 0.4) is 0 Å². The van der Waals surface area contributed by atoms with E-state index in [4.69, 9.17) is 10.5 Å². The van der Waals surface area contributed by atoms with Gasteiger partial charge in [-0.05, 0) is 6.92 Å². The Labute approximate surface area is 120 Å². The van der Waals surface area contributed by atoms with Gasteiger partial charge in [0.25, 0.3) is 5.91 Å². The van der Waals surface area contributed by atoms with E-state index in [0.717, 1.165) is 10.6 Å². The van der Waals surface area contributed by atoms with Crippen molar-refractivity contribution in [3.05, 3.63) is 41.4 Å². The number of ether oxygens (including phenoxy) is 1. The number of nitrogens with zero attached hydrogens (tertiary/aromatic N) is 1. The average Bonchev–Trinajstić information content (AvgIpc) is 2.88. The molecule has 0 radical (unpaired) electrons. The summed E-state index contributed by atoms with van der Waals surface area (Å²) in [7, 11) is 0. The second kappa shape index (κ2) is 6.29. The molecule has 1 heterocycles. The molecule has 20 heavy (non-hydrogen) atoms. The number of carbonyl (C=O) groups excluding carboxylic acids is 2. The van der Waals surface area contributed by atoms with Crippen molar-refractivity contribution in [3.8, 4) is 10.6 Å². The number of nitrogens with two attached hydrogens (primary N) is 1. The van der Waals surface area contributed by atoms with E-state index < -0.39 is 18.0 Å². The van der Waals surface area contributed by atoms with Crippen LogP contribution in [0.5, 0.6) is 0 Å². The number of hydrogen-bond donors (Lipinski definition) is 1. The Hall–Kier alpha value is -2.21. The Balaban J connectivity index is 2.00. The van der Waals surface area contributed by atoms with Gasteiger partial charge in [0.15, 0.2) is 6.10 Å². The Morgan fingerprint density at radius 3 is 2.70 bits per heavy atom. The topological polar surface area (TPSA) is 82.3 Å². The summed E-state index contributed by atoms with van der Waals surface area (Å²) in [5.74, 6) is -1.18. The molecule has 0 spiro atoms. The largest absolute Gasteiger partial charge is 0.452 e. The van der Waals surface area contributed by atoms with Crippen molar-refractivity contribution in [2.75, 3.05) is 0 Å². The Kier molecular flexibility index (Phi) is 4.47. The van der Waals surface area contributed by atoms with Crippen LogP contribution >= 0.6 is 11.3 Å². The molecule has 2 aromatic rings. The normalized spacial score (nSPS) is 11.8. The van der Waals surface area contributed by atoms with E-state index in [2.05, 4.69) is 4.98 Å². The molecule has 0 saturated heterocycles. The number of amides is 1. The summed E-state index contributed by atoms with van der Waals surface area (Å²) in [6, 6.07) is 9.70. The minimum atomic E-state index is -0.922. The highest BCUT2D eigenvalue weighted by Crippen LogP contribution is 2.23. The number of hydrogen-bond acceptors (Lipinski definition) is 5. The Morgan fingerprint density at radius 1 is 1.35 bits per heavy atom. The zero-order chi connectivity index (χ0) is 14.5. The van der Waals surface area contributed by atoms with Gasteiger partial charge in [0, 0.05) is 10.9 Å². The van der Waals surface area contributed by atoms with Gasteiger partial charge in [-0.25, -0.2) is 4.98 Å². The van der Waals surface area contributed by atoms with Gasteiger partial charge in [0.05, 0.1) is 12.1 Å². The summed E-state index contributed by atoms with van der Waals surface area (Å²) in [5, 5.41) is 2.65. The van der Waals surface area contributed by atoms with Crippen molar-refractivity contribution in [1.82, 2.24) is 4.98 Å². The summed E-state index contributed by atoms with van der Waals surface area (Å²) in [6.07, 6.45) is -0.893. The molecule has 1 aromatic carbocycles. The molecule has 0 saturated carbocycles. The van der Waals surface area contributed by atoms with Crippen LogP contribution in [0.25, 0.3) is 10.6 Å². The Bertz CT molecular complexity index is 610. The standard InChI is InChI=1S/C14H14N2O3S/c1-9(13(15)18)19-12(17)7-11-8-20-14(16-11)10-5-3-2-4-6-10/h2-6,8-9H,7H2,1H3,(H2,15,18)/t9-/m0/s1. The number of carbonyl (C=O) groups is 2. The fraction of sp³-hybridized carbons (Fsp3) is 0.214. The summed E-state index contributed by atoms with van der Waals surface area (Å²) >= 11 is 1.46. The fourth-order valence-electron chi connectivity index (χ4n) is 1.55. The molecule has 0 unspecified atom stereocenters. The lowest BCUT2D eigenvalue weighted by Crippen LogP contribution is -2.30. The number of thiazole rings is 1. The van der Waals surface area contributed by atoms with Gasteiger partial charge in [0.2, 0.25) is 0 Å². The molecule has 5 nitrogen and oxygen atoms in total. The molecule has 0 aliphatic heterocycles. The van der Waals surface area contributed by atoms with Gasteiger partial charge in [-0.2, -0.15) is 0 Å². The third-order valence-electron chi connectivity index (χ3n) is 2.61. The van der Waals surface area contributed by atoms with Gasteiger partial charge in [-0.1, -0.05) is 30.3 Å². The van der Waals surface area contributed by atoms with Crippen molar-refractivity contribution < 1.29 is 14.3 Å². The lowest BCUT2D eigenvalue weighted by Gasteiger charge is -2.08. The van der Waals surface area contributed by atoms with E-state index in [1.807, 2.05) is 30.3 Å². The van der Waals surface area contributed by atoms with E-state index in [1.54, 1.807) is 5.38 Å². The van der Waals surface area contributed by atoms with Crippen molar-refractivity contribution in [1.29, 1.82) is 0 Å². The molecule has 1 aromatic heterocycles. The van der Waals surface area contributed by atoms with Crippen molar-refractivity contribution in [3.63, 3.8) is 0 Å². The molecule has 0 bridgehead atoms. The van der Waals surface area contributed by atoms with Crippen LogP contribution in [0.4, 0.5) is 0 Å². The zero-order valence-corrected chi connectivity index (χ0v) is 11.7. The molecular formula is C14H14N2O3S. The number of rotatable bonds is 5. The molecule has 2 rings (SSSR count). The van der Waals surface area contributed by atoms with E-state index in [-0.39, 0.29) is 6.42 Å². The maximum Gasteiger partial charge on any atom is 0.312 e. The third-order valence-corrected chi connectivity index (χ3v) is 3.55. The molecule has 1 atom stereocenters. The monoisotopic (exact) mass is 290 g/mol. The SMILES string of the molecule is C[C@H](OC(=O)Cc1csc(-c2ccccc2)n1)C(N)=O. The molecule has 0 aliphatic carbocycles. The molecule has 0 fully saturated rings. The molecule has 6 heteroatoms. The van der Waals surface area contributed by atoms with Gasteiger partial charge < -0.3 is 10.5 Å². The van der Waals surface area contributed by atoms with Crippen LogP contribution < -0.4 is 5.73 Å². The first-order valence-corrected chi connectivity index (χ1v) is 6.93. The predicted octanol–water partition coefficient (Wildman–Crippen LogP) is 1.77. The van der Waals surface area contributed by atoms with Crippen LogP contribution in [0.1, 0.15) is 12.6 Å². The number of esters is 1. The first kappa shape index (κ1) is 14.2. The van der Waals surface area contributed by atoms with Crippen LogP contribution in [0.15, 0.2) is 35.7 Å². The van der Waals surface area contributed by atoms with E-state index >= 15 is 0 Å². The van der Waals surface area contributed by atoms with Gasteiger partial charge in [-0.3, -0.25) is 9.59 Å². The second-order valence-corrected chi connectivity index (χ2v) is 5.08. The minimum Gasteiger partial charge on any atom is -0.452 e.